The number of carbonyl (C=O) groups excluding carboxylic acids is 3. The maximum atomic E-state index is 14.8. The van der Waals surface area contributed by atoms with Crippen LogP contribution in [-0.2, 0) is 11.3 Å². The number of ketones is 1. The molecule has 1 atom stereocenters. The van der Waals surface area contributed by atoms with Crippen LogP contribution in [0.15, 0.2) is 77.6 Å². The van der Waals surface area contributed by atoms with Crippen LogP contribution in [0.25, 0.3) is 11.3 Å². The molecule has 0 unspecified atom stereocenters. The molecular weight excluding hydrogens is 554 g/mol. The number of halogens is 2. The van der Waals surface area contributed by atoms with Gasteiger partial charge in [0.25, 0.3) is 11.5 Å². The van der Waals surface area contributed by atoms with Crippen LogP contribution < -0.4 is 16.2 Å². The molecule has 0 aliphatic carbocycles. The number of amides is 2. The molecule has 1 heterocycles. The van der Waals surface area contributed by atoms with Crippen molar-refractivity contribution in [1.82, 2.24) is 14.8 Å². The molecule has 222 valence electrons. The molecule has 43 heavy (non-hydrogen) atoms. The van der Waals surface area contributed by atoms with Crippen molar-refractivity contribution in [2.75, 3.05) is 26.5 Å². The number of nitrogens with zero attached hydrogens (tertiary/aromatic N) is 2. The summed E-state index contributed by atoms with van der Waals surface area (Å²) in [7, 11) is 4.90. The Labute approximate surface area is 248 Å². The maximum Gasteiger partial charge on any atom is 0.275 e. The van der Waals surface area contributed by atoms with E-state index in [0.717, 1.165) is 18.2 Å². The third kappa shape index (κ3) is 6.76. The van der Waals surface area contributed by atoms with Crippen LogP contribution in [0.5, 0.6) is 0 Å². The van der Waals surface area contributed by atoms with Crippen LogP contribution in [0.2, 0.25) is 0 Å². The summed E-state index contributed by atoms with van der Waals surface area (Å²) in [5, 5.41) is 5.46. The molecule has 2 N–H and O–H groups in total. The minimum atomic E-state index is -0.695. The fraction of sp³-hybridized carbons (Fsp3) is 0.212. The highest BCUT2D eigenvalue weighted by atomic mass is 19.1. The van der Waals surface area contributed by atoms with E-state index in [0.29, 0.717) is 27.9 Å². The van der Waals surface area contributed by atoms with Crippen molar-refractivity contribution in [2.24, 2.45) is 0 Å². The van der Waals surface area contributed by atoms with Gasteiger partial charge in [0.2, 0.25) is 5.91 Å². The number of pyridine rings is 1. The molecule has 4 rings (SSSR count). The first kappa shape index (κ1) is 31.0. The van der Waals surface area contributed by atoms with Crippen molar-refractivity contribution >= 4 is 23.3 Å². The molecule has 0 radical (unpaired) electrons. The summed E-state index contributed by atoms with van der Waals surface area (Å²) in [6, 6.07) is 16.4. The lowest BCUT2D eigenvalue weighted by atomic mass is 9.97. The lowest BCUT2D eigenvalue weighted by Crippen LogP contribution is -2.37. The molecule has 4 aromatic rings. The predicted molar refractivity (Wildman–Crippen MR) is 161 cm³/mol. The standard InChI is InChI=1S/C33H32F2N4O4/c1-19-26(7-6-8-27(19)32(42)38(4)5)29-14-13-28(37-31(41)20(2)36-3)33(43)39(29)18-21-15-23(17-25(35)16-21)30(40)22-9-11-24(34)12-10-22/h6-17,20,36H,18H2,1-5H3,(H,37,41)/t20-/m0/s1. The fourth-order valence-electron chi connectivity index (χ4n) is 4.65. The minimum Gasteiger partial charge on any atom is -0.345 e. The Balaban J connectivity index is 1.86. The summed E-state index contributed by atoms with van der Waals surface area (Å²) < 4.78 is 29.6. The summed E-state index contributed by atoms with van der Waals surface area (Å²) in [5.74, 6) is -2.36. The van der Waals surface area contributed by atoms with Gasteiger partial charge in [0.15, 0.2) is 5.78 Å². The molecule has 0 saturated heterocycles. The van der Waals surface area contributed by atoms with Gasteiger partial charge in [-0.25, -0.2) is 8.78 Å². The molecule has 2 amide bonds. The van der Waals surface area contributed by atoms with E-state index in [-0.39, 0.29) is 29.3 Å². The Morgan fingerprint density at radius 3 is 2.26 bits per heavy atom. The number of rotatable bonds is 9. The van der Waals surface area contributed by atoms with E-state index >= 15 is 0 Å². The first-order chi connectivity index (χ1) is 20.4. The normalized spacial score (nSPS) is 11.6. The number of likely N-dealkylation sites (N-methyl/N-ethyl adjacent to an activating group) is 1. The first-order valence-corrected chi connectivity index (χ1v) is 13.5. The third-order valence-corrected chi connectivity index (χ3v) is 7.17. The van der Waals surface area contributed by atoms with Crippen molar-refractivity contribution in [2.45, 2.75) is 26.4 Å². The zero-order chi connectivity index (χ0) is 31.4. The molecule has 1 aromatic heterocycles. The zero-order valence-electron chi connectivity index (χ0n) is 24.5. The van der Waals surface area contributed by atoms with Crippen molar-refractivity contribution in [3.05, 3.63) is 123 Å². The second-order valence-electron chi connectivity index (χ2n) is 10.4. The van der Waals surface area contributed by atoms with Crippen LogP contribution >= 0.6 is 0 Å². The van der Waals surface area contributed by atoms with Crippen molar-refractivity contribution in [3.8, 4) is 11.3 Å². The predicted octanol–water partition coefficient (Wildman–Crippen LogP) is 4.63. The minimum absolute atomic E-state index is 0.00745. The fourth-order valence-corrected chi connectivity index (χ4v) is 4.65. The summed E-state index contributed by atoms with van der Waals surface area (Å²) in [4.78, 5) is 53.9. The van der Waals surface area contributed by atoms with Gasteiger partial charge in [0.05, 0.1) is 18.3 Å². The Kier molecular flexibility index (Phi) is 9.30. The highest BCUT2D eigenvalue weighted by Gasteiger charge is 2.20. The summed E-state index contributed by atoms with van der Waals surface area (Å²) in [6.07, 6.45) is 0. The smallest absolute Gasteiger partial charge is 0.275 e. The van der Waals surface area contributed by atoms with Gasteiger partial charge in [-0.2, -0.15) is 0 Å². The zero-order valence-corrected chi connectivity index (χ0v) is 24.5. The number of aromatic nitrogens is 1. The maximum absolute atomic E-state index is 14.8. The van der Waals surface area contributed by atoms with E-state index in [1.807, 2.05) is 0 Å². The number of hydrogen-bond acceptors (Lipinski definition) is 5. The van der Waals surface area contributed by atoms with Crippen molar-refractivity contribution in [1.29, 1.82) is 0 Å². The third-order valence-electron chi connectivity index (χ3n) is 7.17. The molecule has 10 heteroatoms. The largest absolute Gasteiger partial charge is 0.345 e. The average molecular weight is 587 g/mol. The summed E-state index contributed by atoms with van der Waals surface area (Å²) in [5.41, 5.74) is 2.04. The van der Waals surface area contributed by atoms with Gasteiger partial charge in [-0.3, -0.25) is 19.2 Å². The van der Waals surface area contributed by atoms with Gasteiger partial charge < -0.3 is 20.1 Å². The van der Waals surface area contributed by atoms with Crippen LogP contribution in [0.3, 0.4) is 0 Å². The van der Waals surface area contributed by atoms with Gasteiger partial charge in [0.1, 0.15) is 17.3 Å². The molecule has 0 aliphatic rings. The topological polar surface area (TPSA) is 101 Å². The monoisotopic (exact) mass is 586 g/mol. The highest BCUT2D eigenvalue weighted by molar-refractivity contribution is 6.09. The molecule has 0 aliphatic heterocycles. The average Bonchev–Trinajstić information content (AvgIpc) is 2.98. The number of benzene rings is 3. The number of nitrogens with one attached hydrogen (secondary N) is 2. The van der Waals surface area contributed by atoms with E-state index in [1.54, 1.807) is 59.3 Å². The molecule has 3 aromatic carbocycles. The summed E-state index contributed by atoms with van der Waals surface area (Å²) >= 11 is 0. The quantitative estimate of drug-likeness (QED) is 0.279. The van der Waals surface area contributed by atoms with Crippen LogP contribution in [-0.4, -0.2) is 54.2 Å². The number of anilines is 1. The van der Waals surface area contributed by atoms with E-state index in [4.69, 9.17) is 0 Å². The van der Waals surface area contributed by atoms with Gasteiger partial charge >= 0.3 is 0 Å². The number of hydrogen-bond donors (Lipinski definition) is 2. The van der Waals surface area contributed by atoms with Gasteiger partial charge in [-0.1, -0.05) is 12.1 Å². The van der Waals surface area contributed by atoms with Crippen LogP contribution in [0.1, 0.15) is 44.3 Å². The Morgan fingerprint density at radius 2 is 1.60 bits per heavy atom. The van der Waals surface area contributed by atoms with Crippen molar-refractivity contribution in [3.63, 3.8) is 0 Å². The van der Waals surface area contributed by atoms with Gasteiger partial charge in [0, 0.05) is 36.3 Å². The van der Waals surface area contributed by atoms with Gasteiger partial charge in [-0.15, -0.1) is 0 Å². The Hall–Kier alpha value is -4.96. The highest BCUT2D eigenvalue weighted by Crippen LogP contribution is 2.28. The van der Waals surface area contributed by atoms with Crippen LogP contribution in [0, 0.1) is 18.6 Å². The van der Waals surface area contributed by atoms with Crippen molar-refractivity contribution < 1.29 is 23.2 Å². The van der Waals surface area contributed by atoms with Crippen LogP contribution in [0.4, 0.5) is 14.5 Å². The lowest BCUT2D eigenvalue weighted by Gasteiger charge is -2.20. The van der Waals surface area contributed by atoms with E-state index in [1.165, 1.54) is 39.8 Å². The Bertz CT molecular complexity index is 1760. The Morgan fingerprint density at radius 1 is 0.907 bits per heavy atom. The molecule has 8 nitrogen and oxygen atoms in total. The molecule has 0 bridgehead atoms. The molecular formula is C33H32F2N4O4. The van der Waals surface area contributed by atoms with Gasteiger partial charge in [-0.05, 0) is 92.7 Å². The molecule has 0 spiro atoms. The van der Waals surface area contributed by atoms with E-state index < -0.39 is 34.9 Å². The molecule has 0 fully saturated rings. The number of carbonyl (C=O) groups is 3. The van der Waals surface area contributed by atoms with E-state index in [9.17, 15) is 28.0 Å². The van der Waals surface area contributed by atoms with E-state index in [2.05, 4.69) is 10.6 Å². The SMILES string of the molecule is CN[C@@H](C)C(=O)Nc1ccc(-c2cccc(C(=O)N(C)C)c2C)n(Cc2cc(F)cc(C(=O)c3ccc(F)cc3)c2)c1=O. The molecule has 0 saturated carbocycles. The lowest BCUT2D eigenvalue weighted by molar-refractivity contribution is -0.117. The second-order valence-corrected chi connectivity index (χ2v) is 10.4. The summed E-state index contributed by atoms with van der Waals surface area (Å²) in [6.45, 7) is 3.25. The second kappa shape index (κ2) is 12.9. The first-order valence-electron chi connectivity index (χ1n) is 13.5.